The molecule has 1 atom stereocenters. The maximum absolute atomic E-state index is 13.2. The molecule has 0 aliphatic heterocycles. The minimum absolute atomic E-state index is 0.0648. The Kier molecular flexibility index (Phi) is 3.28. The van der Waals surface area contributed by atoms with E-state index in [0.29, 0.717) is 18.6 Å². The van der Waals surface area contributed by atoms with Crippen LogP contribution in [-0.2, 0) is 0 Å². The van der Waals surface area contributed by atoms with Gasteiger partial charge in [0.25, 0.3) is 0 Å². The van der Waals surface area contributed by atoms with Crippen LogP contribution in [0.2, 0.25) is 0 Å². The van der Waals surface area contributed by atoms with Crippen molar-refractivity contribution < 1.29 is 13.2 Å². The van der Waals surface area contributed by atoms with E-state index < -0.39 is 5.92 Å². The highest BCUT2D eigenvalue weighted by molar-refractivity contribution is 5.78. The molecule has 1 heterocycles. The zero-order chi connectivity index (χ0) is 14.3. The van der Waals surface area contributed by atoms with Crippen LogP contribution in [0.15, 0.2) is 28.7 Å². The third-order valence-electron chi connectivity index (χ3n) is 4.29. The Morgan fingerprint density at radius 2 is 1.95 bits per heavy atom. The lowest BCUT2D eigenvalue weighted by atomic mass is 9.81. The van der Waals surface area contributed by atoms with Crippen molar-refractivity contribution in [2.75, 3.05) is 0 Å². The number of hydrogen-bond acceptors (Lipinski definition) is 2. The van der Waals surface area contributed by atoms with Gasteiger partial charge in [-0.1, -0.05) is 11.6 Å². The second-order valence-corrected chi connectivity index (χ2v) is 5.91. The van der Waals surface area contributed by atoms with Crippen LogP contribution in [0.4, 0.5) is 8.78 Å². The number of hydrogen-bond donors (Lipinski definition) is 1. The first kappa shape index (κ1) is 13.6. The van der Waals surface area contributed by atoms with Gasteiger partial charge in [-0.15, -0.1) is 0 Å². The number of halogens is 2. The molecule has 1 aromatic heterocycles. The molecule has 2 N–H and O–H groups in total. The van der Waals surface area contributed by atoms with E-state index in [4.69, 9.17) is 10.2 Å². The SMILES string of the molecule is Cc1ccc2oc(C(N)C3CCC(F)(F)CC3)cc2c1. The van der Waals surface area contributed by atoms with Crippen LogP contribution in [0.3, 0.4) is 0 Å². The highest BCUT2D eigenvalue weighted by atomic mass is 19.3. The van der Waals surface area contributed by atoms with Gasteiger partial charge in [-0.3, -0.25) is 0 Å². The van der Waals surface area contributed by atoms with Crippen molar-refractivity contribution in [3.63, 3.8) is 0 Å². The Morgan fingerprint density at radius 3 is 2.65 bits per heavy atom. The van der Waals surface area contributed by atoms with Crippen LogP contribution in [0.1, 0.15) is 43.0 Å². The molecule has 0 radical (unpaired) electrons. The molecule has 1 aliphatic carbocycles. The first-order valence-electron chi connectivity index (χ1n) is 7.08. The lowest BCUT2D eigenvalue weighted by molar-refractivity contribution is -0.0489. The smallest absolute Gasteiger partial charge is 0.248 e. The zero-order valence-electron chi connectivity index (χ0n) is 11.5. The highest BCUT2D eigenvalue weighted by Crippen LogP contribution is 2.41. The van der Waals surface area contributed by atoms with Crippen LogP contribution >= 0.6 is 0 Å². The molecule has 2 nitrogen and oxygen atoms in total. The van der Waals surface area contributed by atoms with E-state index in [-0.39, 0.29) is 24.8 Å². The third kappa shape index (κ3) is 2.57. The van der Waals surface area contributed by atoms with Gasteiger partial charge in [0, 0.05) is 18.2 Å². The first-order valence-corrected chi connectivity index (χ1v) is 7.08. The number of fused-ring (bicyclic) bond motifs is 1. The van der Waals surface area contributed by atoms with Gasteiger partial charge in [-0.25, -0.2) is 8.78 Å². The third-order valence-corrected chi connectivity index (χ3v) is 4.29. The minimum atomic E-state index is -2.51. The molecule has 1 aliphatic rings. The summed E-state index contributed by atoms with van der Waals surface area (Å²) in [4.78, 5) is 0. The normalized spacial score (nSPS) is 21.2. The molecule has 0 bridgehead atoms. The molecule has 1 unspecified atom stereocenters. The topological polar surface area (TPSA) is 39.2 Å². The average Bonchev–Trinajstić information content (AvgIpc) is 2.80. The Labute approximate surface area is 116 Å². The first-order chi connectivity index (χ1) is 9.44. The van der Waals surface area contributed by atoms with Gasteiger partial charge in [0.1, 0.15) is 11.3 Å². The molecule has 108 valence electrons. The molecular formula is C16H19F2NO. The van der Waals surface area contributed by atoms with Crippen molar-refractivity contribution in [1.82, 2.24) is 0 Å². The summed E-state index contributed by atoms with van der Waals surface area (Å²) in [7, 11) is 0. The van der Waals surface area contributed by atoms with Gasteiger partial charge in [0.15, 0.2) is 0 Å². The number of alkyl halides is 2. The summed E-state index contributed by atoms with van der Waals surface area (Å²) >= 11 is 0. The summed E-state index contributed by atoms with van der Waals surface area (Å²) in [5, 5.41) is 1.02. The predicted octanol–water partition coefficient (Wildman–Crippen LogP) is 4.57. The second-order valence-electron chi connectivity index (χ2n) is 5.91. The van der Waals surface area contributed by atoms with Gasteiger partial charge >= 0.3 is 0 Å². The number of nitrogens with two attached hydrogens (primary N) is 1. The van der Waals surface area contributed by atoms with Crippen LogP contribution in [0, 0.1) is 12.8 Å². The molecule has 1 aromatic carbocycles. The maximum atomic E-state index is 13.2. The van der Waals surface area contributed by atoms with Crippen molar-refractivity contribution >= 4 is 11.0 Å². The Hall–Kier alpha value is -1.42. The monoisotopic (exact) mass is 279 g/mol. The molecule has 2 aromatic rings. The van der Waals surface area contributed by atoms with E-state index in [1.807, 2.05) is 31.2 Å². The van der Waals surface area contributed by atoms with E-state index in [1.165, 1.54) is 0 Å². The lowest BCUT2D eigenvalue weighted by Crippen LogP contribution is -2.30. The van der Waals surface area contributed by atoms with Gasteiger partial charge in [-0.2, -0.15) is 0 Å². The summed E-state index contributed by atoms with van der Waals surface area (Å²) < 4.78 is 32.2. The van der Waals surface area contributed by atoms with Gasteiger partial charge in [-0.05, 0) is 43.9 Å². The molecule has 3 rings (SSSR count). The van der Waals surface area contributed by atoms with E-state index in [2.05, 4.69) is 0 Å². The fourth-order valence-electron chi connectivity index (χ4n) is 3.00. The summed E-state index contributed by atoms with van der Waals surface area (Å²) in [5.41, 5.74) is 8.19. The average molecular weight is 279 g/mol. The van der Waals surface area contributed by atoms with Crippen LogP contribution in [-0.4, -0.2) is 5.92 Å². The fraction of sp³-hybridized carbons (Fsp3) is 0.500. The number of rotatable bonds is 2. The largest absolute Gasteiger partial charge is 0.459 e. The van der Waals surface area contributed by atoms with Crippen molar-refractivity contribution in [2.24, 2.45) is 11.7 Å². The summed E-state index contributed by atoms with van der Waals surface area (Å²) in [6.45, 7) is 2.02. The molecule has 1 fully saturated rings. The summed E-state index contributed by atoms with van der Waals surface area (Å²) in [6, 6.07) is 7.61. The van der Waals surface area contributed by atoms with Gasteiger partial charge < -0.3 is 10.2 Å². The van der Waals surface area contributed by atoms with Crippen molar-refractivity contribution in [3.05, 3.63) is 35.6 Å². The minimum Gasteiger partial charge on any atom is -0.459 e. The predicted molar refractivity (Wildman–Crippen MR) is 74.8 cm³/mol. The lowest BCUT2D eigenvalue weighted by Gasteiger charge is -2.31. The molecule has 20 heavy (non-hydrogen) atoms. The van der Waals surface area contributed by atoms with Crippen molar-refractivity contribution in [2.45, 2.75) is 44.6 Å². The quantitative estimate of drug-likeness (QED) is 0.874. The molecule has 4 heteroatoms. The fourth-order valence-corrected chi connectivity index (χ4v) is 3.00. The Morgan fingerprint density at radius 1 is 1.25 bits per heavy atom. The highest BCUT2D eigenvalue weighted by Gasteiger charge is 2.37. The molecule has 0 amide bonds. The number of furan rings is 1. The van der Waals surface area contributed by atoms with E-state index >= 15 is 0 Å². The Bertz CT molecular complexity index is 610. The van der Waals surface area contributed by atoms with E-state index in [1.54, 1.807) is 0 Å². The summed E-state index contributed by atoms with van der Waals surface area (Å²) in [5.74, 6) is -1.72. The summed E-state index contributed by atoms with van der Waals surface area (Å²) in [6.07, 6.45) is 0.796. The van der Waals surface area contributed by atoms with Gasteiger partial charge in [0.2, 0.25) is 5.92 Å². The molecule has 0 saturated heterocycles. The van der Waals surface area contributed by atoms with E-state index in [0.717, 1.165) is 16.5 Å². The van der Waals surface area contributed by atoms with Gasteiger partial charge in [0.05, 0.1) is 6.04 Å². The zero-order valence-corrected chi connectivity index (χ0v) is 11.5. The van der Waals surface area contributed by atoms with Crippen LogP contribution in [0.5, 0.6) is 0 Å². The van der Waals surface area contributed by atoms with Crippen molar-refractivity contribution in [3.8, 4) is 0 Å². The number of benzene rings is 1. The standard InChI is InChI=1S/C16H19F2NO/c1-10-2-3-13-12(8-10)9-14(20-13)15(19)11-4-6-16(17,18)7-5-11/h2-3,8-9,11,15H,4-7,19H2,1H3. The molecular weight excluding hydrogens is 260 g/mol. The molecule has 0 spiro atoms. The van der Waals surface area contributed by atoms with Crippen LogP contribution in [0.25, 0.3) is 11.0 Å². The maximum Gasteiger partial charge on any atom is 0.248 e. The van der Waals surface area contributed by atoms with Crippen molar-refractivity contribution in [1.29, 1.82) is 0 Å². The Balaban J connectivity index is 1.80. The van der Waals surface area contributed by atoms with E-state index in [9.17, 15) is 8.78 Å². The number of aryl methyl sites for hydroxylation is 1. The molecule has 1 saturated carbocycles. The second kappa shape index (κ2) is 4.85. The van der Waals surface area contributed by atoms with Crippen LogP contribution < -0.4 is 5.73 Å².